The fourth-order valence-electron chi connectivity index (χ4n) is 3.21. The summed E-state index contributed by atoms with van der Waals surface area (Å²) < 4.78 is 5.38. The van der Waals surface area contributed by atoms with E-state index in [1.165, 1.54) is 11.3 Å². The lowest BCUT2D eigenvalue weighted by atomic mass is 10.0. The first-order valence-corrected chi connectivity index (χ1v) is 11.7. The van der Waals surface area contributed by atoms with Gasteiger partial charge in [0, 0.05) is 10.4 Å². The van der Waals surface area contributed by atoms with Crippen molar-refractivity contribution >= 4 is 34.7 Å². The summed E-state index contributed by atoms with van der Waals surface area (Å²) in [6, 6.07) is 17.1. The standard InChI is InChI=1S/C25H28N4O4S/c1-4-33-18-12-10-17(11-13-18)23(30)27-21(15(2)3)24(31)28-29-25(32)22-19(26)14-20(34-22)16-8-6-5-7-9-16/h5-15,21H,4,26H2,1-3H3,(H,27,30)(H,28,31)(H,29,32)/t21-/m1/s1. The number of hydrogen-bond acceptors (Lipinski definition) is 6. The molecule has 2 aromatic carbocycles. The van der Waals surface area contributed by atoms with Crippen LogP contribution in [0.25, 0.3) is 10.4 Å². The highest BCUT2D eigenvalue weighted by atomic mass is 32.1. The second kappa shape index (κ2) is 11.3. The van der Waals surface area contributed by atoms with Gasteiger partial charge in [-0.1, -0.05) is 44.2 Å². The Labute approximate surface area is 202 Å². The quantitative estimate of drug-likeness (QED) is 0.367. The molecule has 178 valence electrons. The molecule has 1 aromatic heterocycles. The van der Waals surface area contributed by atoms with E-state index in [9.17, 15) is 14.4 Å². The average Bonchev–Trinajstić information content (AvgIpc) is 3.23. The van der Waals surface area contributed by atoms with Gasteiger partial charge in [0.1, 0.15) is 16.7 Å². The van der Waals surface area contributed by atoms with Crippen LogP contribution < -0.4 is 26.6 Å². The molecule has 1 heterocycles. The average molecular weight is 481 g/mol. The Morgan fingerprint density at radius 2 is 1.65 bits per heavy atom. The van der Waals surface area contributed by atoms with Crippen LogP contribution in [0.3, 0.4) is 0 Å². The van der Waals surface area contributed by atoms with Gasteiger partial charge < -0.3 is 15.8 Å². The van der Waals surface area contributed by atoms with E-state index >= 15 is 0 Å². The number of ether oxygens (including phenoxy) is 1. The molecule has 0 fully saturated rings. The van der Waals surface area contributed by atoms with Crippen LogP contribution in [-0.4, -0.2) is 30.4 Å². The van der Waals surface area contributed by atoms with Crippen LogP contribution in [0.4, 0.5) is 5.69 Å². The van der Waals surface area contributed by atoms with E-state index in [-0.39, 0.29) is 5.92 Å². The molecule has 9 heteroatoms. The van der Waals surface area contributed by atoms with Crippen molar-refractivity contribution in [1.29, 1.82) is 0 Å². The van der Waals surface area contributed by atoms with Crippen LogP contribution in [0, 0.1) is 5.92 Å². The van der Waals surface area contributed by atoms with Crippen LogP contribution in [0.5, 0.6) is 5.75 Å². The zero-order chi connectivity index (χ0) is 24.7. The summed E-state index contributed by atoms with van der Waals surface area (Å²) in [7, 11) is 0. The van der Waals surface area contributed by atoms with Crippen molar-refractivity contribution in [2.24, 2.45) is 5.92 Å². The summed E-state index contributed by atoms with van der Waals surface area (Å²) in [5.41, 5.74) is 12.5. The first-order chi connectivity index (χ1) is 16.3. The van der Waals surface area contributed by atoms with Crippen LogP contribution >= 0.6 is 11.3 Å². The van der Waals surface area contributed by atoms with E-state index < -0.39 is 23.8 Å². The van der Waals surface area contributed by atoms with Gasteiger partial charge in [-0.15, -0.1) is 11.3 Å². The molecule has 1 atom stereocenters. The van der Waals surface area contributed by atoms with Gasteiger partial charge in [-0.05, 0) is 48.7 Å². The SMILES string of the molecule is CCOc1ccc(C(=O)N[C@@H](C(=O)NNC(=O)c2sc(-c3ccccc3)cc2N)C(C)C)cc1. The topological polar surface area (TPSA) is 123 Å². The molecule has 0 unspecified atom stereocenters. The fourth-order valence-corrected chi connectivity index (χ4v) is 4.19. The maximum atomic E-state index is 12.7. The van der Waals surface area contributed by atoms with Crippen LogP contribution in [0.15, 0.2) is 60.7 Å². The normalized spacial score (nSPS) is 11.5. The molecule has 3 aromatic rings. The van der Waals surface area contributed by atoms with Crippen molar-refractivity contribution in [3.05, 3.63) is 71.1 Å². The highest BCUT2D eigenvalue weighted by Gasteiger charge is 2.26. The molecule has 0 radical (unpaired) electrons. The molecule has 0 aliphatic heterocycles. The van der Waals surface area contributed by atoms with Gasteiger partial charge in [0.2, 0.25) is 0 Å². The third kappa shape index (κ3) is 6.14. The van der Waals surface area contributed by atoms with Gasteiger partial charge in [-0.3, -0.25) is 25.2 Å². The molecule has 34 heavy (non-hydrogen) atoms. The number of carbonyl (C=O) groups excluding carboxylic acids is 3. The number of nitrogens with two attached hydrogens (primary N) is 1. The summed E-state index contributed by atoms with van der Waals surface area (Å²) in [4.78, 5) is 39.2. The zero-order valence-corrected chi connectivity index (χ0v) is 20.1. The van der Waals surface area contributed by atoms with Crippen molar-refractivity contribution in [1.82, 2.24) is 16.2 Å². The predicted molar refractivity (Wildman–Crippen MR) is 133 cm³/mol. The minimum absolute atomic E-state index is 0.222. The number of hydrogen-bond donors (Lipinski definition) is 4. The Hall–Kier alpha value is -3.85. The molecule has 3 amide bonds. The van der Waals surface area contributed by atoms with Gasteiger partial charge in [0.25, 0.3) is 17.7 Å². The van der Waals surface area contributed by atoms with E-state index in [0.717, 1.165) is 10.4 Å². The summed E-state index contributed by atoms with van der Waals surface area (Å²) in [6.07, 6.45) is 0. The zero-order valence-electron chi connectivity index (χ0n) is 19.3. The Kier molecular flexibility index (Phi) is 8.26. The molecule has 3 rings (SSSR count). The number of amides is 3. The second-order valence-corrected chi connectivity index (χ2v) is 8.91. The highest BCUT2D eigenvalue weighted by molar-refractivity contribution is 7.18. The Morgan fingerprint density at radius 1 is 0.971 bits per heavy atom. The molecule has 0 aliphatic rings. The molecular formula is C25H28N4O4S. The number of carbonyl (C=O) groups is 3. The molecule has 0 aliphatic carbocycles. The molecule has 0 spiro atoms. The lowest BCUT2D eigenvalue weighted by molar-refractivity contribution is -0.124. The summed E-state index contributed by atoms with van der Waals surface area (Å²) in [5, 5.41) is 2.72. The van der Waals surface area contributed by atoms with Crippen LogP contribution in [-0.2, 0) is 4.79 Å². The molecule has 0 bridgehead atoms. The summed E-state index contributed by atoms with van der Waals surface area (Å²) >= 11 is 1.23. The van der Waals surface area contributed by atoms with Crippen molar-refractivity contribution < 1.29 is 19.1 Å². The summed E-state index contributed by atoms with van der Waals surface area (Å²) in [6.45, 7) is 6.00. The first kappa shape index (κ1) is 24.8. The smallest absolute Gasteiger partial charge is 0.281 e. The van der Waals surface area contributed by atoms with E-state index in [1.54, 1.807) is 44.2 Å². The lowest BCUT2D eigenvalue weighted by Gasteiger charge is -2.22. The number of benzene rings is 2. The number of thiophene rings is 1. The highest BCUT2D eigenvalue weighted by Crippen LogP contribution is 2.32. The number of nitrogen functional groups attached to an aromatic ring is 1. The predicted octanol–water partition coefficient (Wildman–Crippen LogP) is 3.61. The Bertz CT molecular complexity index is 1140. The van der Waals surface area contributed by atoms with Crippen molar-refractivity contribution in [2.45, 2.75) is 26.8 Å². The fraction of sp³-hybridized carbons (Fsp3) is 0.240. The van der Waals surface area contributed by atoms with Crippen molar-refractivity contribution in [3.8, 4) is 16.2 Å². The molecular weight excluding hydrogens is 452 g/mol. The number of rotatable bonds is 8. The van der Waals surface area contributed by atoms with Crippen LogP contribution in [0.2, 0.25) is 0 Å². The lowest BCUT2D eigenvalue weighted by Crippen LogP contribution is -2.54. The Balaban J connectivity index is 1.62. The molecule has 5 N–H and O–H groups in total. The molecule has 0 saturated heterocycles. The van der Waals surface area contributed by atoms with E-state index in [4.69, 9.17) is 10.5 Å². The Morgan fingerprint density at radius 3 is 2.26 bits per heavy atom. The molecule has 8 nitrogen and oxygen atoms in total. The van der Waals surface area contributed by atoms with Gasteiger partial charge in [0.05, 0.1) is 12.3 Å². The maximum Gasteiger partial charge on any atom is 0.281 e. The molecule has 0 saturated carbocycles. The van der Waals surface area contributed by atoms with Crippen LogP contribution in [0.1, 0.15) is 40.8 Å². The third-order valence-electron chi connectivity index (χ3n) is 4.99. The minimum Gasteiger partial charge on any atom is -0.494 e. The van der Waals surface area contributed by atoms with Crippen molar-refractivity contribution in [3.63, 3.8) is 0 Å². The third-order valence-corrected chi connectivity index (χ3v) is 6.19. The van der Waals surface area contributed by atoms with Gasteiger partial charge in [-0.25, -0.2) is 0 Å². The van der Waals surface area contributed by atoms with Gasteiger partial charge in [-0.2, -0.15) is 0 Å². The van der Waals surface area contributed by atoms with Crippen molar-refractivity contribution in [2.75, 3.05) is 12.3 Å². The second-order valence-electron chi connectivity index (χ2n) is 7.86. The van der Waals surface area contributed by atoms with Gasteiger partial charge >= 0.3 is 0 Å². The monoisotopic (exact) mass is 480 g/mol. The minimum atomic E-state index is -0.861. The van der Waals surface area contributed by atoms with E-state index in [1.807, 2.05) is 37.3 Å². The summed E-state index contributed by atoms with van der Waals surface area (Å²) in [5.74, 6) is -1.04. The van der Waals surface area contributed by atoms with E-state index in [2.05, 4.69) is 16.2 Å². The maximum absolute atomic E-state index is 12.7. The largest absolute Gasteiger partial charge is 0.494 e. The number of anilines is 1. The number of hydrazine groups is 1. The van der Waals surface area contributed by atoms with Gasteiger partial charge in [0.15, 0.2) is 0 Å². The number of nitrogens with one attached hydrogen (secondary N) is 3. The first-order valence-electron chi connectivity index (χ1n) is 10.9. The van der Waals surface area contributed by atoms with E-state index in [0.29, 0.717) is 28.5 Å².